The molecule has 1 aliphatic heterocycles. The molecule has 0 spiro atoms. The Morgan fingerprint density at radius 3 is 3.24 bits per heavy atom. The molecule has 2 N–H and O–H groups in total. The zero-order chi connectivity index (χ0) is 14.7. The quantitative estimate of drug-likeness (QED) is 0.878. The van der Waals surface area contributed by atoms with Gasteiger partial charge in [0.25, 0.3) is 0 Å². The Morgan fingerprint density at radius 1 is 1.57 bits per heavy atom. The molecule has 0 aromatic carbocycles. The lowest BCUT2D eigenvalue weighted by atomic mass is 9.98. The third kappa shape index (κ3) is 2.85. The van der Waals surface area contributed by atoms with Crippen LogP contribution in [-0.4, -0.2) is 27.3 Å². The number of aromatic amines is 1. The summed E-state index contributed by atoms with van der Waals surface area (Å²) < 4.78 is 7.67. The van der Waals surface area contributed by atoms with Crippen LogP contribution in [0.1, 0.15) is 30.8 Å². The van der Waals surface area contributed by atoms with Gasteiger partial charge in [0.1, 0.15) is 6.10 Å². The van der Waals surface area contributed by atoms with Crippen LogP contribution in [0.5, 0.6) is 0 Å². The minimum atomic E-state index is -0.198. The highest BCUT2D eigenvalue weighted by Crippen LogP contribution is 2.34. The van der Waals surface area contributed by atoms with Crippen LogP contribution in [0.4, 0.5) is 0 Å². The Hall–Kier alpha value is -2.08. The van der Waals surface area contributed by atoms with Crippen LogP contribution >= 0.6 is 0 Å². The number of aromatic nitrogens is 3. The predicted octanol–water partition coefficient (Wildman–Crippen LogP) is 1.63. The van der Waals surface area contributed by atoms with Crippen LogP contribution in [0.15, 0.2) is 30.6 Å². The molecule has 1 aliphatic rings. The summed E-state index contributed by atoms with van der Waals surface area (Å²) in [5.41, 5.74) is 1.98. The first-order valence-electron chi connectivity index (χ1n) is 7.33. The van der Waals surface area contributed by atoms with Gasteiger partial charge in [0.05, 0.1) is 18.2 Å². The lowest BCUT2D eigenvalue weighted by molar-refractivity contribution is -0.127. The predicted molar refractivity (Wildman–Crippen MR) is 77.3 cm³/mol. The summed E-state index contributed by atoms with van der Waals surface area (Å²) in [7, 11) is 0. The van der Waals surface area contributed by atoms with Crippen molar-refractivity contribution in [2.24, 2.45) is 5.92 Å². The Labute approximate surface area is 123 Å². The van der Waals surface area contributed by atoms with Gasteiger partial charge in [0.15, 0.2) is 0 Å². The lowest BCUT2D eigenvalue weighted by Gasteiger charge is -2.19. The van der Waals surface area contributed by atoms with Gasteiger partial charge in [-0.05, 0) is 31.5 Å². The average molecular weight is 288 g/mol. The highest BCUT2D eigenvalue weighted by Gasteiger charge is 2.36. The van der Waals surface area contributed by atoms with Crippen LogP contribution in [0.2, 0.25) is 0 Å². The highest BCUT2D eigenvalue weighted by molar-refractivity contribution is 5.79. The summed E-state index contributed by atoms with van der Waals surface area (Å²) >= 11 is 0. The largest absolute Gasteiger partial charge is 0.371 e. The maximum absolute atomic E-state index is 12.4. The molecule has 0 saturated carbocycles. The normalized spacial score (nSPS) is 21.6. The molecule has 2 aromatic rings. The second kappa shape index (κ2) is 6.13. The number of aryl methyl sites for hydroxylation is 1. The van der Waals surface area contributed by atoms with Gasteiger partial charge in [-0.1, -0.05) is 0 Å². The first-order chi connectivity index (χ1) is 10.3. The third-order valence-corrected chi connectivity index (χ3v) is 3.88. The second-order valence-corrected chi connectivity index (χ2v) is 5.17. The van der Waals surface area contributed by atoms with Crippen LogP contribution in [-0.2, 0) is 22.6 Å². The van der Waals surface area contributed by atoms with Gasteiger partial charge < -0.3 is 15.0 Å². The van der Waals surface area contributed by atoms with Crippen molar-refractivity contribution in [2.75, 3.05) is 6.61 Å². The fourth-order valence-corrected chi connectivity index (χ4v) is 2.79. The van der Waals surface area contributed by atoms with Crippen molar-refractivity contribution < 1.29 is 9.53 Å². The molecule has 1 fully saturated rings. The van der Waals surface area contributed by atoms with E-state index in [1.807, 2.05) is 36.0 Å². The molecule has 6 heteroatoms. The van der Waals surface area contributed by atoms with Gasteiger partial charge in [-0.2, -0.15) is 5.10 Å². The van der Waals surface area contributed by atoms with Gasteiger partial charge >= 0.3 is 0 Å². The molecular formula is C15H20N4O2. The van der Waals surface area contributed by atoms with E-state index in [9.17, 15) is 4.79 Å². The van der Waals surface area contributed by atoms with Crippen molar-refractivity contribution in [2.45, 2.75) is 32.5 Å². The number of hydrogen-bond donors (Lipinski definition) is 2. The topological polar surface area (TPSA) is 71.9 Å². The Kier molecular flexibility index (Phi) is 4.06. The maximum atomic E-state index is 12.4. The number of nitrogens with one attached hydrogen (secondary N) is 2. The zero-order valence-electron chi connectivity index (χ0n) is 12.1. The van der Waals surface area contributed by atoms with E-state index >= 15 is 0 Å². The minimum absolute atomic E-state index is 0.0379. The molecule has 21 heavy (non-hydrogen) atoms. The number of hydrogen-bond acceptors (Lipinski definition) is 3. The first-order valence-corrected chi connectivity index (χ1v) is 7.33. The first kappa shape index (κ1) is 13.9. The molecule has 3 rings (SSSR count). The average Bonchev–Trinajstić information content (AvgIpc) is 3.23. The molecule has 2 atom stereocenters. The summed E-state index contributed by atoms with van der Waals surface area (Å²) in [6.07, 6.45) is 4.16. The minimum Gasteiger partial charge on any atom is -0.371 e. The van der Waals surface area contributed by atoms with E-state index in [1.165, 1.54) is 0 Å². The van der Waals surface area contributed by atoms with E-state index < -0.39 is 0 Å². The van der Waals surface area contributed by atoms with Crippen molar-refractivity contribution in [1.29, 1.82) is 0 Å². The van der Waals surface area contributed by atoms with Gasteiger partial charge in [0, 0.05) is 31.2 Å². The van der Waals surface area contributed by atoms with Crippen molar-refractivity contribution in [1.82, 2.24) is 20.1 Å². The van der Waals surface area contributed by atoms with Crippen LogP contribution in [0, 0.1) is 5.92 Å². The number of amides is 1. The zero-order valence-corrected chi connectivity index (χ0v) is 12.1. The standard InChI is InChI=1S/C15H20N4O2/c1-2-19-13(5-8-18-19)14-12(6-9-21-14)15(20)17-10-11-4-3-7-16-11/h3-5,7-8,12,14,16H,2,6,9-10H2,1H3,(H,17,20)/t12-,14-/m1/s1. The SMILES string of the molecule is CCn1nccc1[C@@H]1OCC[C@H]1C(=O)NCc1ccc[nH]1. The molecule has 1 amide bonds. The smallest absolute Gasteiger partial charge is 0.226 e. The second-order valence-electron chi connectivity index (χ2n) is 5.17. The van der Waals surface area contributed by atoms with Gasteiger partial charge in [-0.15, -0.1) is 0 Å². The van der Waals surface area contributed by atoms with Gasteiger partial charge in [0.2, 0.25) is 5.91 Å². The molecule has 3 heterocycles. The number of rotatable bonds is 5. The van der Waals surface area contributed by atoms with Crippen LogP contribution in [0.3, 0.4) is 0 Å². The van der Waals surface area contributed by atoms with Crippen molar-refractivity contribution >= 4 is 5.91 Å². The van der Waals surface area contributed by atoms with Gasteiger partial charge in [-0.3, -0.25) is 9.48 Å². The summed E-state index contributed by atoms with van der Waals surface area (Å²) in [6.45, 7) is 3.94. The molecule has 0 bridgehead atoms. The molecule has 2 aromatic heterocycles. The van der Waals surface area contributed by atoms with Crippen molar-refractivity contribution in [3.63, 3.8) is 0 Å². The summed E-state index contributed by atoms with van der Waals surface area (Å²) in [6, 6.07) is 5.81. The summed E-state index contributed by atoms with van der Waals surface area (Å²) in [5.74, 6) is -0.113. The fraction of sp³-hybridized carbons (Fsp3) is 0.467. The number of nitrogens with zero attached hydrogens (tertiary/aromatic N) is 2. The van der Waals surface area contributed by atoms with Crippen LogP contribution in [0.25, 0.3) is 0 Å². The summed E-state index contributed by atoms with van der Waals surface area (Å²) in [4.78, 5) is 15.5. The van der Waals surface area contributed by atoms with E-state index in [0.717, 1.165) is 24.4 Å². The Morgan fingerprint density at radius 2 is 2.48 bits per heavy atom. The van der Waals surface area contributed by atoms with E-state index in [0.29, 0.717) is 13.2 Å². The molecule has 1 saturated heterocycles. The van der Waals surface area contributed by atoms with Gasteiger partial charge in [-0.25, -0.2) is 0 Å². The molecule has 6 nitrogen and oxygen atoms in total. The molecular weight excluding hydrogens is 268 g/mol. The highest BCUT2D eigenvalue weighted by atomic mass is 16.5. The molecule has 0 radical (unpaired) electrons. The monoisotopic (exact) mass is 288 g/mol. The van der Waals surface area contributed by atoms with Crippen molar-refractivity contribution in [3.05, 3.63) is 42.0 Å². The number of carbonyl (C=O) groups excluding carboxylic acids is 1. The fourth-order valence-electron chi connectivity index (χ4n) is 2.79. The Bertz CT molecular complexity index is 591. The van der Waals surface area contributed by atoms with E-state index in [1.54, 1.807) is 6.20 Å². The Balaban J connectivity index is 1.67. The van der Waals surface area contributed by atoms with Crippen LogP contribution < -0.4 is 5.32 Å². The lowest BCUT2D eigenvalue weighted by Crippen LogP contribution is -2.32. The maximum Gasteiger partial charge on any atom is 0.226 e. The number of ether oxygens (including phenoxy) is 1. The number of H-pyrrole nitrogens is 1. The molecule has 0 unspecified atom stereocenters. The number of carbonyl (C=O) groups is 1. The van der Waals surface area contributed by atoms with E-state index in [4.69, 9.17) is 4.74 Å². The molecule has 0 aliphatic carbocycles. The van der Waals surface area contributed by atoms with E-state index in [2.05, 4.69) is 15.4 Å². The third-order valence-electron chi connectivity index (χ3n) is 3.88. The molecule has 112 valence electrons. The van der Waals surface area contributed by atoms with Crippen molar-refractivity contribution in [3.8, 4) is 0 Å². The summed E-state index contributed by atoms with van der Waals surface area (Å²) in [5, 5.41) is 7.24. The van der Waals surface area contributed by atoms with E-state index in [-0.39, 0.29) is 17.9 Å².